The third-order valence-corrected chi connectivity index (χ3v) is 14.6. The van der Waals surface area contributed by atoms with Crippen molar-refractivity contribution in [1.29, 1.82) is 0 Å². The Balaban J connectivity index is 1.05. The predicted octanol–water partition coefficient (Wildman–Crippen LogP) is 16.7. The van der Waals surface area contributed by atoms with E-state index in [1.165, 1.54) is 39.8 Å². The topological polar surface area (TPSA) is 24.9 Å². The lowest BCUT2D eigenvalue weighted by atomic mass is 10.1. The second kappa shape index (κ2) is 14.0. The molecular formula is C52H32N2O2S3. The fourth-order valence-corrected chi connectivity index (χ4v) is 11.7. The summed E-state index contributed by atoms with van der Waals surface area (Å²) in [4.78, 5) is 9.88. The SMILES string of the molecule is c1ccc(N(c2ccc3c(c2)Oc2ccc4ccccc4c2O3)c2cc(N(c3ccccc3)c3ccc4c(c3)Sc3ccccc3S4)c3c(c2)sc2ccccc23)cc1. The van der Waals surface area contributed by atoms with Crippen LogP contribution in [0.1, 0.15) is 0 Å². The maximum atomic E-state index is 6.64. The van der Waals surface area contributed by atoms with E-state index in [1.54, 1.807) is 0 Å². The maximum absolute atomic E-state index is 6.64. The standard InChI is InChI=1S/C52H32N2O2S3/c1-3-14-34(15-4-1)53(36-24-27-42-44(30-36)55-43-26-23-33-13-7-8-18-39(33)52(43)56-42)38-29-41(51-40-19-9-10-20-45(40)57-50(51)32-38)54(35-16-5-2-6-17-35)37-25-28-48-49(31-37)59-47-22-12-11-21-46(47)58-48/h1-32H. The Morgan fingerprint density at radius 3 is 1.80 bits per heavy atom. The minimum absolute atomic E-state index is 0.672. The van der Waals surface area contributed by atoms with Crippen LogP contribution in [0, 0.1) is 0 Å². The quantitative estimate of drug-likeness (QED) is 0.166. The molecule has 0 amide bonds. The second-order valence-electron chi connectivity index (χ2n) is 14.5. The van der Waals surface area contributed by atoms with Gasteiger partial charge in [-0.2, -0.15) is 0 Å². The van der Waals surface area contributed by atoms with Gasteiger partial charge in [0.2, 0.25) is 0 Å². The Kier molecular flexibility index (Phi) is 8.18. The molecule has 12 rings (SSSR count). The lowest BCUT2D eigenvalue weighted by Crippen LogP contribution is -2.14. The van der Waals surface area contributed by atoms with Gasteiger partial charge in [-0.25, -0.2) is 0 Å². The maximum Gasteiger partial charge on any atom is 0.177 e. The van der Waals surface area contributed by atoms with Gasteiger partial charge >= 0.3 is 0 Å². The average Bonchev–Trinajstić information content (AvgIpc) is 3.67. The molecule has 0 aliphatic carbocycles. The zero-order valence-corrected chi connectivity index (χ0v) is 33.9. The highest BCUT2D eigenvalue weighted by Gasteiger charge is 2.27. The number of anilines is 6. The Morgan fingerprint density at radius 2 is 0.983 bits per heavy atom. The molecule has 59 heavy (non-hydrogen) atoms. The van der Waals surface area contributed by atoms with Gasteiger partial charge in [-0.15, -0.1) is 11.3 Å². The number of benzene rings is 9. The Morgan fingerprint density at radius 1 is 0.356 bits per heavy atom. The fraction of sp³-hybridized carbons (Fsp3) is 0. The van der Waals surface area contributed by atoms with E-state index in [1.807, 2.05) is 59.1 Å². The molecule has 0 saturated heterocycles. The van der Waals surface area contributed by atoms with E-state index in [9.17, 15) is 0 Å². The average molecular weight is 813 g/mol. The van der Waals surface area contributed by atoms with Crippen LogP contribution in [0.25, 0.3) is 30.9 Å². The van der Waals surface area contributed by atoms with Crippen molar-refractivity contribution in [2.45, 2.75) is 19.6 Å². The van der Waals surface area contributed by atoms with Crippen LogP contribution in [0.15, 0.2) is 214 Å². The molecule has 7 heteroatoms. The molecule has 0 unspecified atom stereocenters. The lowest BCUT2D eigenvalue weighted by molar-refractivity contribution is 0.363. The Labute approximate surface area is 353 Å². The molecule has 0 fully saturated rings. The number of hydrogen-bond donors (Lipinski definition) is 0. The van der Waals surface area contributed by atoms with Crippen LogP contribution in [-0.2, 0) is 0 Å². The zero-order valence-electron chi connectivity index (χ0n) is 31.4. The highest BCUT2D eigenvalue weighted by Crippen LogP contribution is 2.54. The van der Waals surface area contributed by atoms with Crippen molar-refractivity contribution in [3.05, 3.63) is 194 Å². The van der Waals surface area contributed by atoms with E-state index in [-0.39, 0.29) is 0 Å². The molecule has 0 spiro atoms. The smallest absolute Gasteiger partial charge is 0.177 e. The minimum atomic E-state index is 0.672. The van der Waals surface area contributed by atoms with Crippen LogP contribution in [0.5, 0.6) is 23.0 Å². The zero-order chi connectivity index (χ0) is 38.9. The number of nitrogens with zero attached hydrogens (tertiary/aromatic N) is 2. The van der Waals surface area contributed by atoms with Gasteiger partial charge in [0.25, 0.3) is 0 Å². The first kappa shape index (κ1) is 34.4. The molecule has 0 radical (unpaired) electrons. The summed E-state index contributed by atoms with van der Waals surface area (Å²) in [6.45, 7) is 0. The lowest BCUT2D eigenvalue weighted by Gasteiger charge is -2.31. The van der Waals surface area contributed by atoms with Gasteiger partial charge in [-0.05, 0) is 96.4 Å². The molecule has 0 atom stereocenters. The first-order valence-electron chi connectivity index (χ1n) is 19.5. The van der Waals surface area contributed by atoms with E-state index < -0.39 is 0 Å². The monoisotopic (exact) mass is 812 g/mol. The molecule has 2 aliphatic heterocycles. The summed E-state index contributed by atoms with van der Waals surface area (Å²) in [5, 5.41) is 4.60. The van der Waals surface area contributed by atoms with Crippen molar-refractivity contribution in [3.8, 4) is 23.0 Å². The van der Waals surface area contributed by atoms with E-state index in [0.717, 1.165) is 50.6 Å². The molecule has 2 aliphatic rings. The highest BCUT2D eigenvalue weighted by atomic mass is 32.2. The Hall–Kier alpha value is -6.64. The van der Waals surface area contributed by atoms with Crippen LogP contribution < -0.4 is 19.3 Å². The largest absolute Gasteiger partial charge is 0.449 e. The van der Waals surface area contributed by atoms with E-state index in [4.69, 9.17) is 9.47 Å². The third-order valence-electron chi connectivity index (χ3n) is 10.9. The molecule has 1 aromatic heterocycles. The van der Waals surface area contributed by atoms with Crippen LogP contribution in [0.4, 0.5) is 34.1 Å². The summed E-state index contributed by atoms with van der Waals surface area (Å²) in [5.41, 5.74) is 6.33. The number of fused-ring (bicyclic) bond motifs is 9. The van der Waals surface area contributed by atoms with Gasteiger partial charge in [0, 0.05) is 74.0 Å². The van der Waals surface area contributed by atoms with Crippen molar-refractivity contribution in [2.75, 3.05) is 9.80 Å². The van der Waals surface area contributed by atoms with Crippen LogP contribution in [-0.4, -0.2) is 0 Å². The number of thiophene rings is 1. The van der Waals surface area contributed by atoms with E-state index in [0.29, 0.717) is 17.2 Å². The molecule has 0 saturated carbocycles. The summed E-state index contributed by atoms with van der Waals surface area (Å²) in [5.74, 6) is 2.81. The summed E-state index contributed by atoms with van der Waals surface area (Å²) >= 11 is 5.52. The minimum Gasteiger partial charge on any atom is -0.449 e. The summed E-state index contributed by atoms with van der Waals surface area (Å²) < 4.78 is 15.7. The first-order chi connectivity index (χ1) is 29.2. The van der Waals surface area contributed by atoms with Crippen molar-refractivity contribution in [2.24, 2.45) is 0 Å². The van der Waals surface area contributed by atoms with Gasteiger partial charge in [0.05, 0.1) is 11.4 Å². The molecule has 4 nitrogen and oxygen atoms in total. The molecule has 3 heterocycles. The van der Waals surface area contributed by atoms with Gasteiger partial charge in [-0.1, -0.05) is 121 Å². The first-order valence-corrected chi connectivity index (χ1v) is 21.9. The van der Waals surface area contributed by atoms with Crippen LogP contribution in [0.3, 0.4) is 0 Å². The van der Waals surface area contributed by atoms with Gasteiger partial charge in [-0.3, -0.25) is 0 Å². The van der Waals surface area contributed by atoms with Gasteiger partial charge in [0.15, 0.2) is 23.0 Å². The molecule has 0 bridgehead atoms. The van der Waals surface area contributed by atoms with E-state index in [2.05, 4.69) is 180 Å². The fourth-order valence-electron chi connectivity index (χ4n) is 8.25. The molecule has 0 N–H and O–H groups in total. The summed E-state index contributed by atoms with van der Waals surface area (Å²) in [7, 11) is 0. The summed E-state index contributed by atoms with van der Waals surface area (Å²) in [6.07, 6.45) is 0. The number of ether oxygens (including phenoxy) is 2. The van der Waals surface area contributed by atoms with Crippen molar-refractivity contribution in [1.82, 2.24) is 0 Å². The Bertz CT molecular complexity index is 3260. The van der Waals surface area contributed by atoms with Crippen LogP contribution >= 0.6 is 34.9 Å². The second-order valence-corrected chi connectivity index (χ2v) is 17.8. The van der Waals surface area contributed by atoms with Crippen molar-refractivity contribution >= 4 is 99.9 Å². The number of hydrogen-bond acceptors (Lipinski definition) is 7. The molecule has 9 aromatic carbocycles. The number of para-hydroxylation sites is 2. The molecular weight excluding hydrogens is 781 g/mol. The number of rotatable bonds is 6. The summed E-state index contributed by atoms with van der Waals surface area (Å²) in [6, 6.07) is 69.0. The van der Waals surface area contributed by atoms with Crippen molar-refractivity contribution in [3.63, 3.8) is 0 Å². The third kappa shape index (κ3) is 5.92. The highest BCUT2D eigenvalue weighted by molar-refractivity contribution is 8.05. The predicted molar refractivity (Wildman–Crippen MR) is 247 cm³/mol. The molecule has 280 valence electrons. The van der Waals surface area contributed by atoms with Gasteiger partial charge < -0.3 is 19.3 Å². The van der Waals surface area contributed by atoms with Crippen molar-refractivity contribution < 1.29 is 9.47 Å². The normalized spacial score (nSPS) is 12.5. The van der Waals surface area contributed by atoms with Gasteiger partial charge in [0.1, 0.15) is 0 Å². The van der Waals surface area contributed by atoms with E-state index >= 15 is 0 Å². The molecule has 10 aromatic rings. The van der Waals surface area contributed by atoms with Crippen LogP contribution in [0.2, 0.25) is 0 Å².